The average Bonchev–Trinajstić information content (AvgIpc) is 2.97. The number of rotatable bonds is 14. The number of carbonyl (C=O) groups is 2. The predicted molar refractivity (Wildman–Crippen MR) is 93.2 cm³/mol. The molecule has 0 radical (unpaired) electrons. The molecule has 130 valence electrons. The van der Waals surface area contributed by atoms with E-state index in [9.17, 15) is 9.59 Å². The molecule has 0 saturated carbocycles. The number of aliphatic carboxylic acids is 1. The third-order valence-electron chi connectivity index (χ3n) is 3.74. The normalized spacial score (nSPS) is 10.8. The topological polar surface area (TPSA) is 67.5 Å². The molecule has 0 spiro atoms. The first kappa shape index (κ1) is 19.8. The molecule has 0 amide bonds. The van der Waals surface area contributed by atoms with Crippen LogP contribution in [-0.4, -0.2) is 22.6 Å². The summed E-state index contributed by atoms with van der Waals surface area (Å²) in [6.45, 7) is 2.23. The van der Waals surface area contributed by atoms with Crippen molar-refractivity contribution < 1.29 is 19.1 Å². The van der Waals surface area contributed by atoms with E-state index in [2.05, 4.69) is 6.92 Å². The summed E-state index contributed by atoms with van der Waals surface area (Å²) >= 11 is 1.58. The first-order chi connectivity index (χ1) is 11.1. The molecule has 1 heterocycles. The number of thioether (sulfide) groups is 1. The van der Waals surface area contributed by atoms with Crippen molar-refractivity contribution in [3.8, 4) is 0 Å². The highest BCUT2D eigenvalue weighted by Gasteiger charge is 2.17. The molecule has 1 N–H and O–H groups in total. The van der Waals surface area contributed by atoms with Crippen LogP contribution >= 0.6 is 11.8 Å². The Hall–Kier alpha value is -1.23. The number of hydrogen-bond donors (Lipinski definition) is 1. The van der Waals surface area contributed by atoms with Crippen LogP contribution in [0.5, 0.6) is 0 Å². The molecular formula is C18H28O4S. The molecule has 5 heteroatoms. The highest BCUT2D eigenvalue weighted by atomic mass is 32.2. The molecule has 1 aromatic rings. The van der Waals surface area contributed by atoms with Gasteiger partial charge in [-0.1, -0.05) is 58.3 Å². The fourth-order valence-electron chi connectivity index (χ4n) is 2.43. The Labute approximate surface area is 143 Å². The van der Waals surface area contributed by atoms with Crippen molar-refractivity contribution in [3.05, 3.63) is 18.1 Å². The molecule has 0 aromatic carbocycles. The summed E-state index contributed by atoms with van der Waals surface area (Å²) in [4.78, 5) is 23.1. The van der Waals surface area contributed by atoms with Gasteiger partial charge < -0.3 is 9.52 Å². The number of unbranched alkanes of at least 4 members (excludes halogenated alkanes) is 8. The van der Waals surface area contributed by atoms with E-state index < -0.39 is 12.4 Å². The maximum atomic E-state index is 11.8. The molecule has 23 heavy (non-hydrogen) atoms. The van der Waals surface area contributed by atoms with E-state index in [1.54, 1.807) is 11.8 Å². The summed E-state index contributed by atoms with van der Waals surface area (Å²) in [6.07, 6.45) is 14.0. The standard InChI is InChI=1S/C18H28O4S/c1-2-3-4-5-6-7-8-9-10-11-23-17-14-22-13-15(17)16(19)12-18(20)21/h13-14H,2-12H2,1H3,(H,20,21). The van der Waals surface area contributed by atoms with Crippen LogP contribution in [0.25, 0.3) is 0 Å². The van der Waals surface area contributed by atoms with Gasteiger partial charge in [0.2, 0.25) is 0 Å². The van der Waals surface area contributed by atoms with E-state index in [4.69, 9.17) is 9.52 Å². The second-order valence-corrected chi connectivity index (χ2v) is 6.96. The Morgan fingerprint density at radius 1 is 1.00 bits per heavy atom. The van der Waals surface area contributed by atoms with Gasteiger partial charge in [-0.3, -0.25) is 9.59 Å². The van der Waals surface area contributed by atoms with Gasteiger partial charge in [0.15, 0.2) is 5.78 Å². The zero-order valence-electron chi connectivity index (χ0n) is 14.0. The minimum Gasteiger partial charge on any atom is -0.481 e. The lowest BCUT2D eigenvalue weighted by Gasteiger charge is -2.03. The second kappa shape index (κ2) is 12.2. The maximum absolute atomic E-state index is 11.8. The number of Topliss-reactive ketones (excluding diaryl/α,β-unsaturated/α-hetero) is 1. The molecule has 0 saturated heterocycles. The van der Waals surface area contributed by atoms with E-state index in [0.29, 0.717) is 5.56 Å². The summed E-state index contributed by atoms with van der Waals surface area (Å²) in [5, 5.41) is 8.68. The zero-order valence-corrected chi connectivity index (χ0v) is 14.8. The molecule has 0 aliphatic heterocycles. The van der Waals surface area contributed by atoms with Crippen molar-refractivity contribution in [2.45, 2.75) is 76.0 Å². The van der Waals surface area contributed by atoms with Crippen molar-refractivity contribution in [2.75, 3.05) is 5.75 Å². The predicted octanol–water partition coefficient (Wildman–Crippen LogP) is 5.56. The highest BCUT2D eigenvalue weighted by Crippen LogP contribution is 2.26. The van der Waals surface area contributed by atoms with Gasteiger partial charge in [-0.15, -0.1) is 11.8 Å². The molecule has 0 atom stereocenters. The second-order valence-electron chi connectivity index (χ2n) is 5.82. The summed E-state index contributed by atoms with van der Waals surface area (Å²) in [6, 6.07) is 0. The largest absolute Gasteiger partial charge is 0.481 e. The Bertz CT molecular complexity index is 467. The third-order valence-corrected chi connectivity index (χ3v) is 4.86. The quantitative estimate of drug-likeness (QED) is 0.208. The minimum absolute atomic E-state index is 0.388. The summed E-state index contributed by atoms with van der Waals surface area (Å²) in [7, 11) is 0. The Kier molecular flexibility index (Phi) is 10.5. The van der Waals surface area contributed by atoms with E-state index in [-0.39, 0.29) is 5.78 Å². The fraction of sp³-hybridized carbons (Fsp3) is 0.667. The van der Waals surface area contributed by atoms with Gasteiger partial charge in [-0.25, -0.2) is 0 Å². The first-order valence-electron chi connectivity index (χ1n) is 8.59. The van der Waals surface area contributed by atoms with Gasteiger partial charge >= 0.3 is 5.97 Å². The van der Waals surface area contributed by atoms with Gasteiger partial charge in [0, 0.05) is 0 Å². The number of ketones is 1. The van der Waals surface area contributed by atoms with E-state index in [1.807, 2.05) is 0 Å². The van der Waals surface area contributed by atoms with Crippen molar-refractivity contribution in [1.29, 1.82) is 0 Å². The van der Waals surface area contributed by atoms with Crippen LogP contribution in [0.4, 0.5) is 0 Å². The smallest absolute Gasteiger partial charge is 0.311 e. The molecule has 0 aliphatic carbocycles. The number of furan rings is 1. The average molecular weight is 340 g/mol. The first-order valence-corrected chi connectivity index (χ1v) is 9.57. The van der Waals surface area contributed by atoms with Crippen molar-refractivity contribution >= 4 is 23.5 Å². The van der Waals surface area contributed by atoms with E-state index >= 15 is 0 Å². The number of carbonyl (C=O) groups excluding carboxylic acids is 1. The lowest BCUT2D eigenvalue weighted by Crippen LogP contribution is -2.06. The van der Waals surface area contributed by atoms with Gasteiger partial charge in [0.05, 0.1) is 10.5 Å². The van der Waals surface area contributed by atoms with Crippen LogP contribution in [0.3, 0.4) is 0 Å². The van der Waals surface area contributed by atoms with Crippen molar-refractivity contribution in [3.63, 3.8) is 0 Å². The van der Waals surface area contributed by atoms with Gasteiger partial charge in [0.25, 0.3) is 0 Å². The fourth-order valence-corrected chi connectivity index (χ4v) is 3.44. The maximum Gasteiger partial charge on any atom is 0.311 e. The molecule has 0 aliphatic rings. The van der Waals surface area contributed by atoms with Crippen LogP contribution in [0.15, 0.2) is 21.8 Å². The summed E-state index contributed by atoms with van der Waals surface area (Å²) < 4.78 is 5.06. The van der Waals surface area contributed by atoms with Gasteiger partial charge in [-0.05, 0) is 12.2 Å². The summed E-state index contributed by atoms with van der Waals surface area (Å²) in [5.41, 5.74) is 0.397. The number of carboxylic acid groups (broad SMARTS) is 1. The van der Waals surface area contributed by atoms with Crippen LogP contribution in [0, 0.1) is 0 Å². The highest BCUT2D eigenvalue weighted by molar-refractivity contribution is 7.99. The summed E-state index contributed by atoms with van der Waals surface area (Å²) in [5.74, 6) is -0.560. The lowest BCUT2D eigenvalue weighted by molar-refractivity contribution is -0.135. The van der Waals surface area contributed by atoms with Crippen LogP contribution in [0.1, 0.15) is 81.5 Å². The molecule has 0 bridgehead atoms. The SMILES string of the molecule is CCCCCCCCCCCSc1cocc1C(=O)CC(=O)O. The molecule has 0 unspecified atom stereocenters. The lowest BCUT2D eigenvalue weighted by atomic mass is 10.1. The monoisotopic (exact) mass is 340 g/mol. The minimum atomic E-state index is -1.11. The van der Waals surface area contributed by atoms with E-state index in [0.717, 1.165) is 17.1 Å². The third kappa shape index (κ3) is 8.84. The molecule has 4 nitrogen and oxygen atoms in total. The molecule has 1 rings (SSSR count). The Balaban J connectivity index is 2.11. The molecule has 0 fully saturated rings. The van der Waals surface area contributed by atoms with Crippen LogP contribution in [-0.2, 0) is 4.79 Å². The Morgan fingerprint density at radius 3 is 2.22 bits per heavy atom. The zero-order chi connectivity index (χ0) is 16.9. The van der Waals surface area contributed by atoms with Crippen molar-refractivity contribution in [2.24, 2.45) is 0 Å². The molecule has 1 aromatic heterocycles. The van der Waals surface area contributed by atoms with Gasteiger partial charge in [0.1, 0.15) is 18.9 Å². The van der Waals surface area contributed by atoms with Crippen LogP contribution < -0.4 is 0 Å². The van der Waals surface area contributed by atoms with Gasteiger partial charge in [-0.2, -0.15) is 0 Å². The Morgan fingerprint density at radius 2 is 1.61 bits per heavy atom. The number of carboxylic acids is 1. The van der Waals surface area contributed by atoms with Crippen LogP contribution in [0.2, 0.25) is 0 Å². The van der Waals surface area contributed by atoms with E-state index in [1.165, 1.54) is 63.9 Å². The number of hydrogen-bond acceptors (Lipinski definition) is 4. The molecular weight excluding hydrogens is 312 g/mol. The van der Waals surface area contributed by atoms with Crippen molar-refractivity contribution in [1.82, 2.24) is 0 Å².